The molecule has 5 unspecified atom stereocenters. The fourth-order valence-electron chi connectivity index (χ4n) is 4.17. The highest BCUT2D eigenvalue weighted by Gasteiger charge is 2.48. The van der Waals surface area contributed by atoms with Crippen LogP contribution in [0.4, 0.5) is 0 Å². The molecule has 2 nitrogen and oxygen atoms in total. The number of carbonyl (C=O) groups excluding carboxylic acids is 1. The van der Waals surface area contributed by atoms with Gasteiger partial charge >= 0.3 is 0 Å². The van der Waals surface area contributed by atoms with Crippen LogP contribution in [0.2, 0.25) is 0 Å². The standard InChI is InChI=1S/C16H20O2/c1-10-11(2)15-7-13(10)8-16(15)12-3-5-14(6-4-12)18-9-17/h3-6,9-11,13,15-16H,7-8H2,1-2H3. The lowest BCUT2D eigenvalue weighted by Crippen LogP contribution is -2.22. The van der Waals surface area contributed by atoms with Crippen LogP contribution >= 0.6 is 0 Å². The molecule has 0 aliphatic heterocycles. The number of benzene rings is 1. The van der Waals surface area contributed by atoms with Gasteiger partial charge in [0.2, 0.25) is 0 Å². The van der Waals surface area contributed by atoms with Crippen molar-refractivity contribution in [1.29, 1.82) is 0 Å². The first kappa shape index (κ1) is 11.8. The van der Waals surface area contributed by atoms with E-state index in [1.807, 2.05) is 12.1 Å². The number of carbonyl (C=O) groups is 1. The lowest BCUT2D eigenvalue weighted by Gasteiger charge is -2.32. The molecule has 96 valence electrons. The molecule has 0 heterocycles. The zero-order valence-electron chi connectivity index (χ0n) is 11.0. The van der Waals surface area contributed by atoms with Gasteiger partial charge in [0.05, 0.1) is 0 Å². The largest absolute Gasteiger partial charge is 0.429 e. The van der Waals surface area contributed by atoms with Crippen LogP contribution in [0.3, 0.4) is 0 Å². The molecule has 2 saturated carbocycles. The number of hydrogen-bond acceptors (Lipinski definition) is 2. The highest BCUT2D eigenvalue weighted by molar-refractivity contribution is 5.45. The van der Waals surface area contributed by atoms with Gasteiger partial charge in [0.15, 0.2) is 0 Å². The summed E-state index contributed by atoms with van der Waals surface area (Å²) in [5, 5.41) is 0. The van der Waals surface area contributed by atoms with Crippen molar-refractivity contribution < 1.29 is 9.53 Å². The van der Waals surface area contributed by atoms with E-state index in [4.69, 9.17) is 4.74 Å². The predicted molar refractivity (Wildman–Crippen MR) is 70.4 cm³/mol. The van der Waals surface area contributed by atoms with Gasteiger partial charge in [0, 0.05) is 0 Å². The van der Waals surface area contributed by atoms with E-state index in [2.05, 4.69) is 26.0 Å². The van der Waals surface area contributed by atoms with Crippen molar-refractivity contribution in [3.05, 3.63) is 29.8 Å². The summed E-state index contributed by atoms with van der Waals surface area (Å²) in [6.07, 6.45) is 2.74. The van der Waals surface area contributed by atoms with Crippen molar-refractivity contribution in [2.24, 2.45) is 23.7 Å². The minimum absolute atomic E-state index is 0.482. The van der Waals surface area contributed by atoms with Crippen molar-refractivity contribution in [3.63, 3.8) is 0 Å². The topological polar surface area (TPSA) is 26.3 Å². The monoisotopic (exact) mass is 244 g/mol. The van der Waals surface area contributed by atoms with E-state index in [0.717, 1.165) is 23.7 Å². The third-order valence-corrected chi connectivity index (χ3v) is 5.39. The van der Waals surface area contributed by atoms with Crippen LogP contribution in [0.25, 0.3) is 0 Å². The van der Waals surface area contributed by atoms with E-state index in [9.17, 15) is 4.79 Å². The average Bonchev–Trinajstić information content (AvgIpc) is 2.92. The number of hydrogen-bond donors (Lipinski definition) is 0. The van der Waals surface area contributed by atoms with Crippen LogP contribution in [0.15, 0.2) is 24.3 Å². The van der Waals surface area contributed by atoms with Gasteiger partial charge in [0.25, 0.3) is 6.47 Å². The Morgan fingerprint density at radius 2 is 1.83 bits per heavy atom. The second-order valence-electron chi connectivity index (χ2n) is 6.00. The third kappa shape index (κ3) is 1.75. The first-order valence-corrected chi connectivity index (χ1v) is 6.91. The minimum Gasteiger partial charge on any atom is -0.429 e. The fraction of sp³-hybridized carbons (Fsp3) is 0.562. The smallest absolute Gasteiger partial charge is 0.298 e. The van der Waals surface area contributed by atoms with E-state index in [1.54, 1.807) is 0 Å². The van der Waals surface area contributed by atoms with E-state index < -0.39 is 0 Å². The first-order valence-electron chi connectivity index (χ1n) is 6.91. The zero-order valence-corrected chi connectivity index (χ0v) is 11.0. The minimum atomic E-state index is 0.482. The fourth-order valence-corrected chi connectivity index (χ4v) is 4.17. The van der Waals surface area contributed by atoms with Crippen molar-refractivity contribution in [2.45, 2.75) is 32.6 Å². The summed E-state index contributed by atoms with van der Waals surface area (Å²) in [7, 11) is 0. The Morgan fingerprint density at radius 1 is 1.11 bits per heavy atom. The molecule has 2 fully saturated rings. The van der Waals surface area contributed by atoms with E-state index in [-0.39, 0.29) is 0 Å². The maximum atomic E-state index is 10.3. The molecule has 0 N–H and O–H groups in total. The Kier molecular flexibility index (Phi) is 2.89. The molecule has 2 bridgehead atoms. The zero-order chi connectivity index (χ0) is 12.7. The molecule has 0 radical (unpaired) electrons. The summed E-state index contributed by atoms with van der Waals surface area (Å²) in [4.78, 5) is 10.3. The molecule has 0 spiro atoms. The van der Waals surface area contributed by atoms with Gasteiger partial charge in [0.1, 0.15) is 5.75 Å². The van der Waals surface area contributed by atoms with Crippen molar-refractivity contribution in [2.75, 3.05) is 0 Å². The van der Waals surface area contributed by atoms with Gasteiger partial charge in [-0.1, -0.05) is 26.0 Å². The van der Waals surface area contributed by atoms with Gasteiger partial charge in [-0.2, -0.15) is 0 Å². The molecular weight excluding hydrogens is 224 g/mol. The Bertz CT molecular complexity index is 435. The normalized spacial score (nSPS) is 37.8. The van der Waals surface area contributed by atoms with Crippen LogP contribution in [0.1, 0.15) is 38.2 Å². The SMILES string of the molecule is CC1C2CC(c3ccc(OC=O)cc3)C(C2)C1C. The second kappa shape index (κ2) is 4.42. The maximum absolute atomic E-state index is 10.3. The van der Waals surface area contributed by atoms with Gasteiger partial charge in [-0.3, -0.25) is 4.79 Å². The molecule has 0 saturated heterocycles. The highest BCUT2D eigenvalue weighted by atomic mass is 16.5. The molecular formula is C16H20O2. The molecule has 2 aliphatic carbocycles. The molecule has 1 aromatic carbocycles. The number of rotatable bonds is 3. The Labute approximate surface area is 108 Å². The van der Waals surface area contributed by atoms with E-state index >= 15 is 0 Å². The summed E-state index contributed by atoms with van der Waals surface area (Å²) >= 11 is 0. The van der Waals surface area contributed by atoms with Crippen molar-refractivity contribution in [1.82, 2.24) is 0 Å². The average molecular weight is 244 g/mol. The highest BCUT2D eigenvalue weighted by Crippen LogP contribution is 2.58. The van der Waals surface area contributed by atoms with Gasteiger partial charge in [-0.15, -0.1) is 0 Å². The third-order valence-electron chi connectivity index (χ3n) is 5.39. The van der Waals surface area contributed by atoms with E-state index in [0.29, 0.717) is 18.1 Å². The van der Waals surface area contributed by atoms with Gasteiger partial charge in [-0.05, 0) is 60.1 Å². The Hall–Kier alpha value is -1.31. The van der Waals surface area contributed by atoms with Gasteiger partial charge < -0.3 is 4.74 Å². The quantitative estimate of drug-likeness (QED) is 0.759. The van der Waals surface area contributed by atoms with Crippen LogP contribution in [-0.2, 0) is 4.79 Å². The summed E-state index contributed by atoms with van der Waals surface area (Å²) in [6.45, 7) is 5.30. The molecule has 1 aromatic rings. The summed E-state index contributed by atoms with van der Waals surface area (Å²) in [5.41, 5.74) is 1.42. The molecule has 18 heavy (non-hydrogen) atoms. The summed E-state index contributed by atoms with van der Waals surface area (Å²) in [6, 6.07) is 8.07. The summed E-state index contributed by atoms with van der Waals surface area (Å²) < 4.78 is 4.84. The maximum Gasteiger partial charge on any atom is 0.298 e. The lowest BCUT2D eigenvalue weighted by molar-refractivity contribution is -0.120. The number of ether oxygens (including phenoxy) is 1. The molecule has 3 rings (SSSR count). The second-order valence-corrected chi connectivity index (χ2v) is 6.00. The first-order chi connectivity index (χ1) is 8.70. The number of fused-ring (bicyclic) bond motifs is 2. The van der Waals surface area contributed by atoms with Crippen LogP contribution in [0.5, 0.6) is 5.75 Å². The van der Waals surface area contributed by atoms with E-state index in [1.165, 1.54) is 18.4 Å². The van der Waals surface area contributed by atoms with Crippen LogP contribution in [0, 0.1) is 23.7 Å². The summed E-state index contributed by atoms with van der Waals surface area (Å²) in [5.74, 6) is 4.86. The van der Waals surface area contributed by atoms with Crippen molar-refractivity contribution in [3.8, 4) is 5.75 Å². The molecule has 2 heteroatoms. The molecule has 2 aliphatic rings. The van der Waals surface area contributed by atoms with Crippen LogP contribution < -0.4 is 4.74 Å². The Balaban J connectivity index is 1.78. The molecule has 5 atom stereocenters. The Morgan fingerprint density at radius 3 is 2.39 bits per heavy atom. The van der Waals surface area contributed by atoms with Gasteiger partial charge in [-0.25, -0.2) is 0 Å². The lowest BCUT2D eigenvalue weighted by atomic mass is 9.73. The predicted octanol–water partition coefficient (Wildman–Crippen LogP) is 3.62. The molecule has 0 aromatic heterocycles. The molecule has 0 amide bonds. The van der Waals surface area contributed by atoms with Crippen LogP contribution in [-0.4, -0.2) is 6.47 Å². The van der Waals surface area contributed by atoms with Crippen molar-refractivity contribution >= 4 is 6.47 Å².